The van der Waals surface area contributed by atoms with E-state index >= 15 is 0 Å². The Labute approximate surface area is 162 Å². The molecule has 0 spiro atoms. The van der Waals surface area contributed by atoms with Crippen LogP contribution in [0.3, 0.4) is 0 Å². The van der Waals surface area contributed by atoms with Crippen LogP contribution in [0.5, 0.6) is 0 Å². The number of nitrogens with zero attached hydrogens (tertiary/aromatic N) is 2. The van der Waals surface area contributed by atoms with E-state index in [9.17, 15) is 14.4 Å². The van der Waals surface area contributed by atoms with E-state index in [0.717, 1.165) is 5.56 Å². The van der Waals surface area contributed by atoms with Crippen LogP contribution in [0.2, 0.25) is 0 Å². The molecule has 3 aromatic rings. The molecule has 0 bridgehead atoms. The van der Waals surface area contributed by atoms with Crippen molar-refractivity contribution in [3.8, 4) is 0 Å². The molecule has 7 nitrogen and oxygen atoms in total. The van der Waals surface area contributed by atoms with Crippen molar-refractivity contribution in [2.45, 2.75) is 19.9 Å². The van der Waals surface area contributed by atoms with E-state index in [2.05, 4.69) is 15.6 Å². The molecule has 0 fully saturated rings. The minimum absolute atomic E-state index is 0.156. The molecule has 144 valence electrons. The van der Waals surface area contributed by atoms with Crippen LogP contribution in [0.1, 0.15) is 22.3 Å². The first-order chi connectivity index (χ1) is 13.6. The highest BCUT2D eigenvalue weighted by Crippen LogP contribution is 2.11. The summed E-state index contributed by atoms with van der Waals surface area (Å²) in [4.78, 5) is 40.7. The maximum absolute atomic E-state index is 12.5. The van der Waals surface area contributed by atoms with Gasteiger partial charge in [0.15, 0.2) is 0 Å². The minimum atomic E-state index is -0.190. The van der Waals surface area contributed by atoms with Crippen LogP contribution in [0, 0.1) is 6.92 Å². The summed E-state index contributed by atoms with van der Waals surface area (Å²) >= 11 is 0. The van der Waals surface area contributed by atoms with Crippen LogP contribution in [-0.4, -0.2) is 34.5 Å². The fourth-order valence-electron chi connectivity index (χ4n) is 2.88. The third-order valence-corrected chi connectivity index (χ3v) is 4.40. The Morgan fingerprint density at radius 1 is 1.00 bits per heavy atom. The molecule has 1 heterocycles. The van der Waals surface area contributed by atoms with Crippen molar-refractivity contribution in [3.05, 3.63) is 76.3 Å². The fraction of sp³-hybridized carbons (Fsp3) is 0.238. The standard InChI is InChI=1S/C21H22N4O3/c1-15-6-5-9-17-19(15)24-14-25(21(17)28)13-10-18(26)22-11-12-23-20(27)16-7-3-2-4-8-16/h2-9,14H,10-13H2,1H3,(H,22,26)(H,23,27). The van der Waals surface area contributed by atoms with Gasteiger partial charge < -0.3 is 10.6 Å². The number of aromatic nitrogens is 2. The molecule has 1 aromatic heterocycles. The average Bonchev–Trinajstić information content (AvgIpc) is 2.72. The zero-order chi connectivity index (χ0) is 19.9. The molecular formula is C21H22N4O3. The van der Waals surface area contributed by atoms with E-state index in [1.54, 1.807) is 30.3 Å². The lowest BCUT2D eigenvalue weighted by atomic mass is 10.1. The Kier molecular flexibility index (Phi) is 6.16. The number of amides is 2. The van der Waals surface area contributed by atoms with Crippen LogP contribution in [0.15, 0.2) is 59.7 Å². The number of benzene rings is 2. The third kappa shape index (κ3) is 4.62. The number of carbonyl (C=O) groups excluding carboxylic acids is 2. The van der Waals surface area contributed by atoms with Crippen molar-refractivity contribution in [2.75, 3.05) is 13.1 Å². The molecule has 0 radical (unpaired) electrons. The number of para-hydroxylation sites is 1. The summed E-state index contributed by atoms with van der Waals surface area (Å²) in [6.45, 7) is 2.80. The van der Waals surface area contributed by atoms with Crippen molar-refractivity contribution in [2.24, 2.45) is 0 Å². The van der Waals surface area contributed by atoms with E-state index in [1.165, 1.54) is 10.9 Å². The normalized spacial score (nSPS) is 10.6. The van der Waals surface area contributed by atoms with Gasteiger partial charge >= 0.3 is 0 Å². The van der Waals surface area contributed by atoms with E-state index in [0.29, 0.717) is 29.6 Å². The first-order valence-electron chi connectivity index (χ1n) is 9.11. The fourth-order valence-corrected chi connectivity index (χ4v) is 2.88. The van der Waals surface area contributed by atoms with E-state index in [4.69, 9.17) is 0 Å². The smallest absolute Gasteiger partial charge is 0.261 e. The predicted octanol–water partition coefficient (Wildman–Crippen LogP) is 1.64. The van der Waals surface area contributed by atoms with Crippen molar-refractivity contribution in [1.82, 2.24) is 20.2 Å². The Hall–Kier alpha value is -3.48. The second kappa shape index (κ2) is 8.94. The second-order valence-electron chi connectivity index (χ2n) is 6.44. The number of fused-ring (bicyclic) bond motifs is 1. The van der Waals surface area contributed by atoms with E-state index in [1.807, 2.05) is 25.1 Å². The van der Waals surface area contributed by atoms with E-state index < -0.39 is 0 Å². The Morgan fingerprint density at radius 3 is 2.54 bits per heavy atom. The molecule has 0 saturated heterocycles. The maximum atomic E-state index is 12.5. The van der Waals surface area contributed by atoms with Crippen LogP contribution in [0.4, 0.5) is 0 Å². The highest BCUT2D eigenvalue weighted by Gasteiger charge is 2.08. The monoisotopic (exact) mass is 378 g/mol. The van der Waals surface area contributed by atoms with Crippen molar-refractivity contribution in [1.29, 1.82) is 0 Å². The molecule has 7 heteroatoms. The van der Waals surface area contributed by atoms with Crippen LogP contribution < -0.4 is 16.2 Å². The molecule has 0 unspecified atom stereocenters. The topological polar surface area (TPSA) is 93.1 Å². The summed E-state index contributed by atoms with van der Waals surface area (Å²) < 4.78 is 1.44. The SMILES string of the molecule is Cc1cccc2c(=O)n(CCC(=O)NCCNC(=O)c3ccccc3)cnc12. The zero-order valence-electron chi connectivity index (χ0n) is 15.6. The van der Waals surface area contributed by atoms with Gasteiger partial charge in [-0.2, -0.15) is 0 Å². The number of carbonyl (C=O) groups is 2. The van der Waals surface area contributed by atoms with Gasteiger partial charge in [0, 0.05) is 31.6 Å². The zero-order valence-corrected chi connectivity index (χ0v) is 15.6. The number of aryl methyl sites for hydroxylation is 2. The number of hydrogen-bond donors (Lipinski definition) is 2. The molecule has 0 aliphatic carbocycles. The van der Waals surface area contributed by atoms with Crippen LogP contribution >= 0.6 is 0 Å². The maximum Gasteiger partial charge on any atom is 0.261 e. The lowest BCUT2D eigenvalue weighted by Crippen LogP contribution is -2.35. The third-order valence-electron chi connectivity index (χ3n) is 4.40. The van der Waals surface area contributed by atoms with Gasteiger partial charge in [-0.3, -0.25) is 19.0 Å². The van der Waals surface area contributed by atoms with Gasteiger partial charge in [0.2, 0.25) is 5.91 Å². The molecule has 0 saturated carbocycles. The van der Waals surface area contributed by atoms with Crippen molar-refractivity contribution in [3.63, 3.8) is 0 Å². The summed E-state index contributed by atoms with van der Waals surface area (Å²) in [5.74, 6) is -0.371. The van der Waals surface area contributed by atoms with Gasteiger partial charge in [-0.15, -0.1) is 0 Å². The van der Waals surface area contributed by atoms with Crippen molar-refractivity contribution < 1.29 is 9.59 Å². The van der Waals surface area contributed by atoms with Gasteiger partial charge in [0.25, 0.3) is 11.5 Å². The molecule has 0 aliphatic heterocycles. The van der Waals surface area contributed by atoms with Gasteiger partial charge in [-0.25, -0.2) is 4.98 Å². The molecule has 2 aromatic carbocycles. The number of rotatable bonds is 7. The number of hydrogen-bond acceptors (Lipinski definition) is 4. The lowest BCUT2D eigenvalue weighted by molar-refractivity contribution is -0.121. The lowest BCUT2D eigenvalue weighted by Gasteiger charge is -2.09. The molecule has 3 rings (SSSR count). The summed E-state index contributed by atoms with van der Waals surface area (Å²) in [5.41, 5.74) is 2.04. The Morgan fingerprint density at radius 2 is 1.75 bits per heavy atom. The largest absolute Gasteiger partial charge is 0.354 e. The summed E-state index contributed by atoms with van der Waals surface area (Å²) in [5, 5.41) is 6.03. The first-order valence-corrected chi connectivity index (χ1v) is 9.11. The summed E-state index contributed by atoms with van der Waals surface area (Å²) in [7, 11) is 0. The Balaban J connectivity index is 1.46. The van der Waals surface area contributed by atoms with Gasteiger partial charge in [-0.1, -0.05) is 30.3 Å². The highest BCUT2D eigenvalue weighted by molar-refractivity contribution is 5.94. The predicted molar refractivity (Wildman–Crippen MR) is 107 cm³/mol. The first kappa shape index (κ1) is 19.3. The van der Waals surface area contributed by atoms with Crippen molar-refractivity contribution >= 4 is 22.7 Å². The van der Waals surface area contributed by atoms with E-state index in [-0.39, 0.29) is 30.3 Å². The molecule has 28 heavy (non-hydrogen) atoms. The van der Waals surface area contributed by atoms with Gasteiger partial charge in [0.1, 0.15) is 0 Å². The molecule has 2 N–H and O–H groups in total. The summed E-state index contributed by atoms with van der Waals surface area (Å²) in [6, 6.07) is 14.3. The average molecular weight is 378 g/mol. The molecule has 2 amide bonds. The van der Waals surface area contributed by atoms with Crippen LogP contribution in [0.25, 0.3) is 10.9 Å². The highest BCUT2D eigenvalue weighted by atomic mass is 16.2. The minimum Gasteiger partial charge on any atom is -0.354 e. The second-order valence-corrected chi connectivity index (χ2v) is 6.44. The molecular weight excluding hydrogens is 356 g/mol. The summed E-state index contributed by atoms with van der Waals surface area (Å²) in [6.07, 6.45) is 1.64. The number of nitrogens with one attached hydrogen (secondary N) is 2. The quantitative estimate of drug-likeness (QED) is 0.611. The Bertz CT molecular complexity index is 1040. The molecule has 0 aliphatic rings. The van der Waals surface area contributed by atoms with Crippen LogP contribution in [-0.2, 0) is 11.3 Å². The van der Waals surface area contributed by atoms with Gasteiger partial charge in [0.05, 0.1) is 17.2 Å². The molecule has 0 atom stereocenters. The van der Waals surface area contributed by atoms with Gasteiger partial charge in [-0.05, 0) is 30.7 Å².